The molecule has 1 fully saturated rings. The molecule has 5 nitrogen and oxygen atoms in total. The van der Waals surface area contributed by atoms with Gasteiger partial charge in [0.05, 0.1) is 0 Å². The van der Waals surface area contributed by atoms with Crippen LogP contribution in [0.2, 0.25) is 0 Å². The molecular weight excluding hydrogens is 198 g/mol. The Kier molecular flexibility index (Phi) is 2.83. The van der Waals surface area contributed by atoms with E-state index in [1.165, 1.54) is 11.5 Å². The number of hydrogen-bond donors (Lipinski definition) is 2. The lowest BCUT2D eigenvalue weighted by Gasteiger charge is -2.29. The Morgan fingerprint density at radius 3 is 2.79 bits per heavy atom. The van der Waals surface area contributed by atoms with Crippen molar-refractivity contribution in [1.29, 1.82) is 0 Å². The average Bonchev–Trinajstić information content (AvgIpc) is 2.56. The molecule has 0 amide bonds. The molecule has 0 unspecified atom stereocenters. The van der Waals surface area contributed by atoms with Gasteiger partial charge in [-0.25, -0.2) is 0 Å². The number of nitrogens with zero attached hydrogens (tertiary/aromatic N) is 3. The first kappa shape index (κ1) is 9.67. The molecule has 1 aliphatic heterocycles. The highest BCUT2D eigenvalue weighted by Crippen LogP contribution is 2.17. The van der Waals surface area contributed by atoms with Gasteiger partial charge in [0.15, 0.2) is 0 Å². The summed E-state index contributed by atoms with van der Waals surface area (Å²) in [5, 5.41) is 4.20. The van der Waals surface area contributed by atoms with Crippen molar-refractivity contribution in [2.24, 2.45) is 0 Å². The summed E-state index contributed by atoms with van der Waals surface area (Å²) >= 11 is 1.33. The van der Waals surface area contributed by atoms with Gasteiger partial charge in [-0.2, -0.15) is 9.36 Å². The van der Waals surface area contributed by atoms with E-state index in [0.717, 1.165) is 31.1 Å². The standard InChI is InChI=1S/C8H15N5S/c1-13-4-2-6(3-5-13)10-8-11-7(9)12-14-8/h6H,2-5H2,1H3,(H3,9,10,11,12). The summed E-state index contributed by atoms with van der Waals surface area (Å²) in [5.41, 5.74) is 5.45. The van der Waals surface area contributed by atoms with Gasteiger partial charge < -0.3 is 16.0 Å². The molecule has 14 heavy (non-hydrogen) atoms. The van der Waals surface area contributed by atoms with Gasteiger partial charge in [0.1, 0.15) is 0 Å². The van der Waals surface area contributed by atoms with Crippen molar-refractivity contribution < 1.29 is 0 Å². The molecule has 1 saturated heterocycles. The smallest absolute Gasteiger partial charge is 0.233 e. The first-order chi connectivity index (χ1) is 6.74. The Hall–Kier alpha value is -0.880. The number of likely N-dealkylation sites (tertiary alicyclic amines) is 1. The molecule has 1 aromatic heterocycles. The van der Waals surface area contributed by atoms with E-state index in [4.69, 9.17) is 5.73 Å². The molecule has 0 saturated carbocycles. The SMILES string of the molecule is CN1CCC(Nc2nc(N)ns2)CC1. The maximum absolute atomic E-state index is 5.45. The number of nitrogen functional groups attached to an aromatic ring is 1. The van der Waals surface area contributed by atoms with Gasteiger partial charge in [-0.1, -0.05) is 0 Å². The van der Waals surface area contributed by atoms with Crippen LogP contribution >= 0.6 is 11.5 Å². The molecule has 1 aromatic rings. The topological polar surface area (TPSA) is 67.1 Å². The number of hydrogen-bond acceptors (Lipinski definition) is 6. The van der Waals surface area contributed by atoms with E-state index in [9.17, 15) is 0 Å². The van der Waals surface area contributed by atoms with Crippen LogP contribution in [0.3, 0.4) is 0 Å². The lowest BCUT2D eigenvalue weighted by atomic mass is 10.1. The summed E-state index contributed by atoms with van der Waals surface area (Å²) in [7, 11) is 2.15. The fourth-order valence-corrected chi connectivity index (χ4v) is 2.20. The zero-order valence-corrected chi connectivity index (χ0v) is 9.05. The van der Waals surface area contributed by atoms with E-state index < -0.39 is 0 Å². The number of nitrogens with two attached hydrogens (primary N) is 1. The van der Waals surface area contributed by atoms with Gasteiger partial charge >= 0.3 is 0 Å². The molecule has 0 bridgehead atoms. The summed E-state index contributed by atoms with van der Waals surface area (Å²) in [5.74, 6) is 0.366. The van der Waals surface area contributed by atoms with Crippen molar-refractivity contribution in [3.05, 3.63) is 0 Å². The van der Waals surface area contributed by atoms with Crippen LogP contribution in [0.5, 0.6) is 0 Å². The Balaban J connectivity index is 1.86. The van der Waals surface area contributed by atoms with Crippen molar-refractivity contribution in [1.82, 2.24) is 14.3 Å². The van der Waals surface area contributed by atoms with Crippen molar-refractivity contribution in [3.63, 3.8) is 0 Å². The summed E-state index contributed by atoms with van der Waals surface area (Å²) in [6, 6.07) is 0.526. The average molecular weight is 213 g/mol. The van der Waals surface area contributed by atoms with Gasteiger partial charge in [-0.05, 0) is 33.0 Å². The number of piperidine rings is 1. The van der Waals surface area contributed by atoms with Crippen LogP contribution < -0.4 is 11.1 Å². The van der Waals surface area contributed by atoms with E-state index in [2.05, 4.69) is 26.6 Å². The number of rotatable bonds is 2. The third kappa shape index (κ3) is 2.33. The monoisotopic (exact) mass is 213 g/mol. The van der Waals surface area contributed by atoms with Crippen LogP contribution in [0, 0.1) is 0 Å². The van der Waals surface area contributed by atoms with E-state index >= 15 is 0 Å². The van der Waals surface area contributed by atoms with Gasteiger partial charge in [0.2, 0.25) is 11.1 Å². The summed E-state index contributed by atoms with van der Waals surface area (Å²) in [4.78, 5) is 6.42. The Labute approximate surface area is 87.5 Å². The minimum atomic E-state index is 0.366. The number of anilines is 2. The summed E-state index contributed by atoms with van der Waals surface area (Å²) in [6.45, 7) is 2.29. The first-order valence-corrected chi connectivity index (χ1v) is 5.55. The third-order valence-corrected chi connectivity index (χ3v) is 3.15. The van der Waals surface area contributed by atoms with E-state index in [-0.39, 0.29) is 0 Å². The molecule has 0 radical (unpaired) electrons. The Bertz CT molecular complexity index is 292. The predicted octanol–water partition coefficient (Wildman–Crippen LogP) is 0.626. The van der Waals surface area contributed by atoms with Crippen molar-refractivity contribution in [2.75, 3.05) is 31.2 Å². The Morgan fingerprint density at radius 2 is 2.21 bits per heavy atom. The van der Waals surface area contributed by atoms with Crippen LogP contribution in [-0.2, 0) is 0 Å². The molecule has 0 spiro atoms. The molecular formula is C8H15N5S. The lowest BCUT2D eigenvalue weighted by Crippen LogP contribution is -2.36. The minimum absolute atomic E-state index is 0.366. The highest BCUT2D eigenvalue weighted by molar-refractivity contribution is 7.09. The second kappa shape index (κ2) is 4.10. The zero-order valence-electron chi connectivity index (χ0n) is 8.23. The van der Waals surface area contributed by atoms with Crippen LogP contribution in [-0.4, -0.2) is 40.4 Å². The summed E-state index contributed by atoms with van der Waals surface area (Å²) in [6.07, 6.45) is 2.33. The minimum Gasteiger partial charge on any atom is -0.367 e. The third-order valence-electron chi connectivity index (χ3n) is 2.49. The van der Waals surface area contributed by atoms with Crippen LogP contribution in [0.1, 0.15) is 12.8 Å². The van der Waals surface area contributed by atoms with E-state index in [1.54, 1.807) is 0 Å². The highest BCUT2D eigenvalue weighted by atomic mass is 32.1. The molecule has 2 rings (SSSR count). The van der Waals surface area contributed by atoms with Crippen LogP contribution in [0.25, 0.3) is 0 Å². The first-order valence-electron chi connectivity index (χ1n) is 4.78. The second-order valence-corrected chi connectivity index (χ2v) is 4.43. The van der Waals surface area contributed by atoms with Crippen LogP contribution in [0.4, 0.5) is 11.1 Å². The fraction of sp³-hybridized carbons (Fsp3) is 0.750. The van der Waals surface area contributed by atoms with Gasteiger partial charge in [0, 0.05) is 17.6 Å². The zero-order chi connectivity index (χ0) is 9.97. The molecule has 3 N–H and O–H groups in total. The molecule has 0 aromatic carbocycles. The fourth-order valence-electron chi connectivity index (χ4n) is 1.62. The van der Waals surface area contributed by atoms with Crippen LogP contribution in [0.15, 0.2) is 0 Å². The van der Waals surface area contributed by atoms with E-state index in [0.29, 0.717) is 12.0 Å². The maximum Gasteiger partial charge on any atom is 0.233 e. The van der Waals surface area contributed by atoms with Gasteiger partial charge in [-0.3, -0.25) is 0 Å². The maximum atomic E-state index is 5.45. The predicted molar refractivity (Wildman–Crippen MR) is 58.5 cm³/mol. The molecule has 78 valence electrons. The van der Waals surface area contributed by atoms with Gasteiger partial charge in [0.25, 0.3) is 0 Å². The second-order valence-electron chi connectivity index (χ2n) is 3.68. The van der Waals surface area contributed by atoms with Crippen molar-refractivity contribution in [3.8, 4) is 0 Å². The molecule has 2 heterocycles. The number of aromatic nitrogens is 2. The van der Waals surface area contributed by atoms with Crippen molar-refractivity contribution in [2.45, 2.75) is 18.9 Å². The quantitative estimate of drug-likeness (QED) is 0.754. The normalized spacial score (nSPS) is 19.8. The molecule has 0 aliphatic carbocycles. The number of nitrogens with one attached hydrogen (secondary N) is 1. The van der Waals surface area contributed by atoms with E-state index in [1.807, 2.05) is 0 Å². The largest absolute Gasteiger partial charge is 0.367 e. The van der Waals surface area contributed by atoms with Gasteiger partial charge in [-0.15, -0.1) is 0 Å². The molecule has 0 atom stereocenters. The summed E-state index contributed by atoms with van der Waals surface area (Å²) < 4.78 is 3.93. The lowest BCUT2D eigenvalue weighted by molar-refractivity contribution is 0.264. The molecule has 1 aliphatic rings. The Morgan fingerprint density at radius 1 is 1.50 bits per heavy atom. The molecule has 6 heteroatoms. The highest BCUT2D eigenvalue weighted by Gasteiger charge is 2.17. The van der Waals surface area contributed by atoms with Crippen molar-refractivity contribution >= 4 is 22.6 Å².